The maximum atomic E-state index is 12.1. The molecule has 114 valence electrons. The van der Waals surface area contributed by atoms with Gasteiger partial charge >= 0.3 is 5.97 Å². The number of nitrogens with zero attached hydrogens (tertiary/aromatic N) is 4. The lowest BCUT2D eigenvalue weighted by molar-refractivity contribution is 0.0472. The molecule has 6 nitrogen and oxygen atoms in total. The summed E-state index contributed by atoms with van der Waals surface area (Å²) in [4.78, 5) is 20.5. The molecule has 0 aliphatic carbocycles. The lowest BCUT2D eigenvalue weighted by Gasteiger charge is -2.07. The van der Waals surface area contributed by atoms with Crippen LogP contribution in [0.15, 0.2) is 36.8 Å². The van der Waals surface area contributed by atoms with Crippen molar-refractivity contribution in [2.45, 2.75) is 6.61 Å². The fourth-order valence-electron chi connectivity index (χ4n) is 2.13. The first-order chi connectivity index (χ1) is 11.1. The number of aryl methyl sites for hydroxylation is 1. The number of carbonyl (C=O) groups excluding carboxylic acids is 1. The van der Waals surface area contributed by atoms with Gasteiger partial charge in [0.2, 0.25) is 0 Å². The van der Waals surface area contributed by atoms with E-state index in [2.05, 4.69) is 9.97 Å². The second kappa shape index (κ2) is 6.07. The molecule has 0 atom stereocenters. The highest BCUT2D eigenvalue weighted by atomic mass is 35.5. The number of hydrogen-bond donors (Lipinski definition) is 0. The van der Waals surface area contributed by atoms with Gasteiger partial charge in [0.25, 0.3) is 0 Å². The van der Waals surface area contributed by atoms with E-state index in [4.69, 9.17) is 21.6 Å². The topological polar surface area (TPSA) is 80.8 Å². The maximum absolute atomic E-state index is 12.1. The zero-order valence-corrected chi connectivity index (χ0v) is 12.9. The highest BCUT2D eigenvalue weighted by Gasteiger charge is 2.12. The predicted molar refractivity (Wildman–Crippen MR) is 83.8 cm³/mol. The Morgan fingerprint density at radius 2 is 2.22 bits per heavy atom. The summed E-state index contributed by atoms with van der Waals surface area (Å²) >= 11 is 5.84. The Hall–Kier alpha value is -2.91. The van der Waals surface area contributed by atoms with Gasteiger partial charge in [-0.05, 0) is 18.2 Å². The van der Waals surface area contributed by atoms with E-state index in [1.165, 1.54) is 12.3 Å². The number of halogens is 1. The molecule has 0 aliphatic heterocycles. The van der Waals surface area contributed by atoms with Crippen molar-refractivity contribution in [1.82, 2.24) is 14.5 Å². The minimum atomic E-state index is -0.524. The predicted octanol–water partition coefficient (Wildman–Crippen LogP) is 2.85. The Morgan fingerprint density at radius 1 is 1.39 bits per heavy atom. The van der Waals surface area contributed by atoms with Crippen LogP contribution < -0.4 is 0 Å². The fourth-order valence-corrected chi connectivity index (χ4v) is 2.31. The van der Waals surface area contributed by atoms with Gasteiger partial charge < -0.3 is 9.30 Å². The van der Waals surface area contributed by atoms with Gasteiger partial charge in [-0.25, -0.2) is 14.8 Å². The summed E-state index contributed by atoms with van der Waals surface area (Å²) in [7, 11) is 1.82. The van der Waals surface area contributed by atoms with E-state index in [-0.39, 0.29) is 6.61 Å². The number of aromatic nitrogens is 3. The molecule has 0 fully saturated rings. The normalized spacial score (nSPS) is 10.5. The largest absolute Gasteiger partial charge is 0.457 e. The third-order valence-electron chi connectivity index (χ3n) is 3.34. The smallest absolute Gasteiger partial charge is 0.340 e. The molecule has 0 saturated carbocycles. The van der Waals surface area contributed by atoms with Gasteiger partial charge in [0.05, 0.1) is 23.5 Å². The van der Waals surface area contributed by atoms with E-state index < -0.39 is 5.97 Å². The number of benzene rings is 1. The van der Waals surface area contributed by atoms with E-state index in [0.29, 0.717) is 32.9 Å². The number of pyridine rings is 1. The van der Waals surface area contributed by atoms with Crippen molar-refractivity contribution in [1.29, 1.82) is 5.26 Å². The molecule has 0 unspecified atom stereocenters. The minimum absolute atomic E-state index is 0.0147. The van der Waals surface area contributed by atoms with Gasteiger partial charge in [-0.2, -0.15) is 5.26 Å². The summed E-state index contributed by atoms with van der Waals surface area (Å²) in [5.74, 6) is -0.524. The fraction of sp³-hybridized carbons (Fsp3) is 0.125. The molecular weight excluding hydrogens is 316 g/mol. The van der Waals surface area contributed by atoms with Crippen LogP contribution in [-0.4, -0.2) is 20.5 Å². The first-order valence-electron chi connectivity index (χ1n) is 6.71. The van der Waals surface area contributed by atoms with Crippen LogP contribution in [0.3, 0.4) is 0 Å². The number of hydrogen-bond acceptors (Lipinski definition) is 5. The van der Waals surface area contributed by atoms with Gasteiger partial charge in [-0.3, -0.25) is 0 Å². The molecule has 0 saturated heterocycles. The summed E-state index contributed by atoms with van der Waals surface area (Å²) in [6.45, 7) is -0.0147. The number of nitriles is 1. The van der Waals surface area contributed by atoms with Crippen molar-refractivity contribution in [2.24, 2.45) is 7.05 Å². The van der Waals surface area contributed by atoms with Crippen molar-refractivity contribution in [3.8, 4) is 6.07 Å². The number of ether oxygens (including phenoxy) is 1. The van der Waals surface area contributed by atoms with Crippen LogP contribution in [0.25, 0.3) is 11.2 Å². The van der Waals surface area contributed by atoms with Crippen LogP contribution in [0.1, 0.15) is 21.5 Å². The molecule has 0 radical (unpaired) electrons. The molecule has 3 rings (SSSR count). The van der Waals surface area contributed by atoms with Gasteiger partial charge in [-0.15, -0.1) is 0 Å². The SMILES string of the molecule is Cn1cnc2cc(C(=O)OCc3ccc(Cl)cc3C#N)cnc21. The van der Waals surface area contributed by atoms with Gasteiger partial charge in [0.1, 0.15) is 12.1 Å². The molecule has 7 heteroatoms. The Morgan fingerprint density at radius 3 is 3.00 bits per heavy atom. The van der Waals surface area contributed by atoms with Crippen molar-refractivity contribution in [2.75, 3.05) is 0 Å². The first-order valence-corrected chi connectivity index (χ1v) is 7.09. The van der Waals surface area contributed by atoms with E-state index in [1.54, 1.807) is 29.1 Å². The number of imidazole rings is 1. The quantitative estimate of drug-likeness (QED) is 0.691. The molecule has 2 heterocycles. The second-order valence-corrected chi connectivity index (χ2v) is 5.35. The zero-order valence-electron chi connectivity index (χ0n) is 12.2. The molecule has 0 aliphatic rings. The minimum Gasteiger partial charge on any atom is -0.457 e. The van der Waals surface area contributed by atoms with Crippen molar-refractivity contribution in [3.05, 3.63) is 58.5 Å². The van der Waals surface area contributed by atoms with Crippen LogP contribution in [0, 0.1) is 11.3 Å². The van der Waals surface area contributed by atoms with Gasteiger partial charge in [0, 0.05) is 23.8 Å². The highest BCUT2D eigenvalue weighted by Crippen LogP contribution is 2.17. The van der Waals surface area contributed by atoms with Gasteiger partial charge in [-0.1, -0.05) is 17.7 Å². The Balaban J connectivity index is 1.77. The van der Waals surface area contributed by atoms with Crippen LogP contribution >= 0.6 is 11.6 Å². The Kier molecular flexibility index (Phi) is 3.96. The zero-order chi connectivity index (χ0) is 16.4. The van der Waals surface area contributed by atoms with E-state index in [0.717, 1.165) is 0 Å². The average Bonchev–Trinajstić information content (AvgIpc) is 2.94. The van der Waals surface area contributed by atoms with E-state index in [9.17, 15) is 4.79 Å². The van der Waals surface area contributed by atoms with Gasteiger partial charge in [0.15, 0.2) is 5.65 Å². The van der Waals surface area contributed by atoms with Crippen LogP contribution in [0.2, 0.25) is 5.02 Å². The number of esters is 1. The molecule has 1 aromatic carbocycles. The number of fused-ring (bicyclic) bond motifs is 1. The number of carbonyl (C=O) groups is 1. The lowest BCUT2D eigenvalue weighted by Crippen LogP contribution is -2.07. The van der Waals surface area contributed by atoms with Crippen molar-refractivity contribution >= 4 is 28.7 Å². The monoisotopic (exact) mass is 326 g/mol. The van der Waals surface area contributed by atoms with E-state index >= 15 is 0 Å². The van der Waals surface area contributed by atoms with Crippen molar-refractivity contribution in [3.63, 3.8) is 0 Å². The Bertz CT molecular complexity index is 943. The summed E-state index contributed by atoms with van der Waals surface area (Å²) in [5.41, 5.74) is 2.58. The number of rotatable bonds is 3. The molecule has 0 bridgehead atoms. The van der Waals surface area contributed by atoms with Crippen LogP contribution in [0.5, 0.6) is 0 Å². The third kappa shape index (κ3) is 3.00. The molecule has 0 amide bonds. The molecule has 3 aromatic rings. The molecule has 23 heavy (non-hydrogen) atoms. The molecular formula is C16H11ClN4O2. The lowest BCUT2D eigenvalue weighted by atomic mass is 10.1. The first kappa shape index (κ1) is 15.0. The molecule has 2 aromatic heterocycles. The highest BCUT2D eigenvalue weighted by molar-refractivity contribution is 6.30. The average molecular weight is 327 g/mol. The van der Waals surface area contributed by atoms with E-state index in [1.807, 2.05) is 13.1 Å². The standard InChI is InChI=1S/C16H11ClN4O2/c1-21-9-20-14-5-12(7-19-15(14)21)16(22)23-8-10-2-3-13(17)4-11(10)6-18/h2-5,7,9H,8H2,1H3. The summed E-state index contributed by atoms with van der Waals surface area (Å²) in [6, 6.07) is 8.49. The Labute approximate surface area is 136 Å². The maximum Gasteiger partial charge on any atom is 0.340 e. The second-order valence-electron chi connectivity index (χ2n) is 4.91. The molecule has 0 spiro atoms. The van der Waals surface area contributed by atoms with Crippen LogP contribution in [-0.2, 0) is 18.4 Å². The third-order valence-corrected chi connectivity index (χ3v) is 3.57. The van der Waals surface area contributed by atoms with Crippen LogP contribution in [0.4, 0.5) is 0 Å². The molecule has 0 N–H and O–H groups in total. The summed E-state index contributed by atoms with van der Waals surface area (Å²) in [5, 5.41) is 9.54. The summed E-state index contributed by atoms with van der Waals surface area (Å²) in [6.07, 6.45) is 3.07. The summed E-state index contributed by atoms with van der Waals surface area (Å²) < 4.78 is 7.01. The van der Waals surface area contributed by atoms with Crippen molar-refractivity contribution < 1.29 is 9.53 Å².